The van der Waals surface area contributed by atoms with E-state index in [0.717, 1.165) is 54.3 Å². The molecule has 0 atom stereocenters. The highest BCUT2D eigenvalue weighted by molar-refractivity contribution is 5.67. The van der Waals surface area contributed by atoms with E-state index in [4.69, 9.17) is 10.1 Å². The highest BCUT2D eigenvalue weighted by atomic mass is 15.3. The summed E-state index contributed by atoms with van der Waals surface area (Å²) < 4.78 is 1.99. The molecule has 1 aromatic carbocycles. The van der Waals surface area contributed by atoms with E-state index in [1.807, 2.05) is 29.9 Å². The van der Waals surface area contributed by atoms with Crippen molar-refractivity contribution in [1.29, 1.82) is 0 Å². The first-order chi connectivity index (χ1) is 13.8. The van der Waals surface area contributed by atoms with E-state index in [0.29, 0.717) is 5.92 Å². The minimum Gasteiger partial charge on any atom is -0.356 e. The van der Waals surface area contributed by atoms with Gasteiger partial charge in [0, 0.05) is 43.2 Å². The van der Waals surface area contributed by atoms with Crippen LogP contribution in [0.1, 0.15) is 30.0 Å². The first-order valence-electron chi connectivity index (χ1n) is 9.86. The SMILES string of the molecule is Cc1cc2nc(-c3ccccc3)cc(N3CCC(c4ccncc4)CC3)n2n1. The number of nitrogens with zero attached hydrogens (tertiary/aromatic N) is 5. The van der Waals surface area contributed by atoms with E-state index in [2.05, 4.69) is 58.4 Å². The fourth-order valence-corrected chi connectivity index (χ4v) is 4.13. The van der Waals surface area contributed by atoms with Crippen LogP contribution >= 0.6 is 0 Å². The third-order valence-corrected chi connectivity index (χ3v) is 5.60. The summed E-state index contributed by atoms with van der Waals surface area (Å²) in [7, 11) is 0. The zero-order chi connectivity index (χ0) is 18.9. The largest absolute Gasteiger partial charge is 0.356 e. The Kier molecular flexibility index (Phi) is 4.28. The summed E-state index contributed by atoms with van der Waals surface area (Å²) in [6.45, 7) is 4.05. The van der Waals surface area contributed by atoms with Crippen LogP contribution in [0.5, 0.6) is 0 Å². The van der Waals surface area contributed by atoms with Crippen molar-refractivity contribution in [3.8, 4) is 11.3 Å². The fourth-order valence-electron chi connectivity index (χ4n) is 4.13. The van der Waals surface area contributed by atoms with Gasteiger partial charge in [-0.2, -0.15) is 9.61 Å². The van der Waals surface area contributed by atoms with Crippen LogP contribution in [0.25, 0.3) is 16.9 Å². The topological polar surface area (TPSA) is 46.3 Å². The molecule has 0 aliphatic carbocycles. The number of anilines is 1. The summed E-state index contributed by atoms with van der Waals surface area (Å²) in [4.78, 5) is 11.4. The van der Waals surface area contributed by atoms with Crippen LogP contribution in [0.15, 0.2) is 67.0 Å². The van der Waals surface area contributed by atoms with Crippen LogP contribution in [0.2, 0.25) is 0 Å². The van der Waals surface area contributed by atoms with Gasteiger partial charge in [0.1, 0.15) is 5.82 Å². The summed E-state index contributed by atoms with van der Waals surface area (Å²) in [5.41, 5.74) is 5.43. The van der Waals surface area contributed by atoms with Crippen molar-refractivity contribution in [3.05, 3.63) is 78.2 Å². The van der Waals surface area contributed by atoms with Gasteiger partial charge in [-0.1, -0.05) is 30.3 Å². The third-order valence-electron chi connectivity index (χ3n) is 5.60. The average molecular weight is 369 g/mol. The number of benzene rings is 1. The van der Waals surface area contributed by atoms with Crippen LogP contribution in [0.3, 0.4) is 0 Å². The van der Waals surface area contributed by atoms with Gasteiger partial charge in [-0.05, 0) is 43.4 Å². The average Bonchev–Trinajstić information content (AvgIpc) is 3.14. The molecule has 0 spiro atoms. The molecule has 1 aliphatic heterocycles. The monoisotopic (exact) mass is 369 g/mol. The van der Waals surface area contributed by atoms with Gasteiger partial charge >= 0.3 is 0 Å². The zero-order valence-corrected chi connectivity index (χ0v) is 16.0. The first-order valence-corrected chi connectivity index (χ1v) is 9.86. The number of hydrogen-bond acceptors (Lipinski definition) is 4. The summed E-state index contributed by atoms with van der Waals surface area (Å²) in [5.74, 6) is 1.73. The number of pyridine rings is 1. The van der Waals surface area contributed by atoms with Gasteiger partial charge in [0.2, 0.25) is 0 Å². The number of piperidine rings is 1. The molecule has 5 heteroatoms. The normalized spacial score (nSPS) is 15.2. The van der Waals surface area contributed by atoms with Crippen LogP contribution in [0, 0.1) is 6.92 Å². The number of rotatable bonds is 3. The second-order valence-corrected chi connectivity index (χ2v) is 7.46. The molecule has 0 radical (unpaired) electrons. The lowest BCUT2D eigenvalue weighted by molar-refractivity contribution is 0.499. The molecule has 28 heavy (non-hydrogen) atoms. The van der Waals surface area contributed by atoms with Crippen molar-refractivity contribution in [2.24, 2.45) is 0 Å². The maximum absolute atomic E-state index is 4.85. The van der Waals surface area contributed by atoms with E-state index in [1.165, 1.54) is 5.56 Å². The predicted molar refractivity (Wildman–Crippen MR) is 112 cm³/mol. The number of aromatic nitrogens is 4. The minimum atomic E-state index is 0.601. The molecule has 1 fully saturated rings. The summed E-state index contributed by atoms with van der Waals surface area (Å²) >= 11 is 0. The highest BCUT2D eigenvalue weighted by Gasteiger charge is 2.23. The van der Waals surface area contributed by atoms with Crippen molar-refractivity contribution in [3.63, 3.8) is 0 Å². The number of fused-ring (bicyclic) bond motifs is 1. The quantitative estimate of drug-likeness (QED) is 0.534. The van der Waals surface area contributed by atoms with Gasteiger partial charge in [-0.3, -0.25) is 4.98 Å². The van der Waals surface area contributed by atoms with Crippen LogP contribution in [-0.2, 0) is 0 Å². The Labute approximate surface area is 164 Å². The molecule has 5 rings (SSSR count). The maximum atomic E-state index is 4.85. The number of hydrogen-bond donors (Lipinski definition) is 0. The third kappa shape index (κ3) is 3.13. The van der Waals surface area contributed by atoms with E-state index < -0.39 is 0 Å². The highest BCUT2D eigenvalue weighted by Crippen LogP contribution is 2.32. The van der Waals surface area contributed by atoms with Crippen molar-refractivity contribution in [2.75, 3.05) is 18.0 Å². The second kappa shape index (κ2) is 7.08. The van der Waals surface area contributed by atoms with Crippen molar-refractivity contribution < 1.29 is 0 Å². The summed E-state index contributed by atoms with van der Waals surface area (Å²) in [6.07, 6.45) is 6.06. The molecule has 0 saturated carbocycles. The second-order valence-electron chi connectivity index (χ2n) is 7.46. The van der Waals surface area contributed by atoms with Gasteiger partial charge in [0.05, 0.1) is 11.4 Å². The predicted octanol–water partition coefficient (Wildman–Crippen LogP) is 4.48. The Balaban J connectivity index is 1.48. The molecule has 4 heterocycles. The molecule has 5 nitrogen and oxygen atoms in total. The minimum absolute atomic E-state index is 0.601. The van der Waals surface area contributed by atoms with E-state index >= 15 is 0 Å². The van der Waals surface area contributed by atoms with Gasteiger partial charge in [0.15, 0.2) is 5.65 Å². The molecule has 3 aromatic heterocycles. The molecule has 0 amide bonds. The van der Waals surface area contributed by atoms with Crippen molar-refractivity contribution in [2.45, 2.75) is 25.7 Å². The molecular weight excluding hydrogens is 346 g/mol. The molecule has 140 valence electrons. The molecule has 0 bridgehead atoms. The Morgan fingerprint density at radius 3 is 2.43 bits per heavy atom. The zero-order valence-electron chi connectivity index (χ0n) is 16.0. The number of aryl methyl sites for hydroxylation is 1. The first kappa shape index (κ1) is 16.9. The van der Waals surface area contributed by atoms with Crippen molar-refractivity contribution >= 4 is 11.5 Å². The molecule has 1 aliphatic rings. The van der Waals surface area contributed by atoms with Crippen LogP contribution < -0.4 is 4.90 Å². The van der Waals surface area contributed by atoms with E-state index in [-0.39, 0.29) is 0 Å². The lowest BCUT2D eigenvalue weighted by Crippen LogP contribution is -2.34. The Morgan fingerprint density at radius 1 is 0.929 bits per heavy atom. The Morgan fingerprint density at radius 2 is 1.68 bits per heavy atom. The molecule has 0 N–H and O–H groups in total. The molecule has 4 aromatic rings. The molecule has 1 saturated heterocycles. The van der Waals surface area contributed by atoms with E-state index in [9.17, 15) is 0 Å². The lowest BCUT2D eigenvalue weighted by Gasteiger charge is -2.33. The van der Waals surface area contributed by atoms with Crippen LogP contribution in [-0.4, -0.2) is 32.7 Å². The Hall–Kier alpha value is -3.21. The standard InChI is InChI=1S/C23H23N5/c1-17-15-22-25-21(20-5-3-2-4-6-20)16-23(28(22)26-17)27-13-9-19(10-14-27)18-7-11-24-12-8-18/h2-8,11-12,15-16,19H,9-10,13-14H2,1H3. The van der Waals surface area contributed by atoms with Gasteiger partial charge < -0.3 is 4.90 Å². The summed E-state index contributed by atoms with van der Waals surface area (Å²) in [6, 6.07) is 18.9. The summed E-state index contributed by atoms with van der Waals surface area (Å²) in [5, 5.41) is 4.70. The van der Waals surface area contributed by atoms with Gasteiger partial charge in [-0.25, -0.2) is 4.98 Å². The van der Waals surface area contributed by atoms with Gasteiger partial charge in [-0.15, -0.1) is 0 Å². The molecular formula is C23H23N5. The van der Waals surface area contributed by atoms with Crippen LogP contribution in [0.4, 0.5) is 5.82 Å². The molecule has 0 unspecified atom stereocenters. The smallest absolute Gasteiger partial charge is 0.158 e. The maximum Gasteiger partial charge on any atom is 0.158 e. The van der Waals surface area contributed by atoms with E-state index in [1.54, 1.807) is 0 Å². The lowest BCUT2D eigenvalue weighted by atomic mass is 9.90. The fraction of sp³-hybridized carbons (Fsp3) is 0.261. The Bertz CT molecular complexity index is 1080. The van der Waals surface area contributed by atoms with Gasteiger partial charge in [0.25, 0.3) is 0 Å². The van der Waals surface area contributed by atoms with Crippen molar-refractivity contribution in [1.82, 2.24) is 19.6 Å².